The van der Waals surface area contributed by atoms with Gasteiger partial charge in [-0.3, -0.25) is 14.6 Å². The van der Waals surface area contributed by atoms with Gasteiger partial charge in [0.25, 0.3) is 0 Å². The van der Waals surface area contributed by atoms with E-state index in [1.54, 1.807) is 6.20 Å². The molecule has 4 heterocycles. The minimum absolute atomic E-state index is 0.505. The molecule has 1 aliphatic rings. The second-order valence-electron chi connectivity index (χ2n) is 7.24. The summed E-state index contributed by atoms with van der Waals surface area (Å²) in [7, 11) is 0. The van der Waals surface area contributed by atoms with Gasteiger partial charge in [0.1, 0.15) is 11.5 Å². The predicted octanol–water partition coefficient (Wildman–Crippen LogP) is 3.20. The number of piperidine rings is 1. The molecule has 0 N–H and O–H groups in total. The molecule has 1 saturated heterocycles. The normalized spacial score (nSPS) is 17.1. The van der Waals surface area contributed by atoms with Crippen molar-refractivity contribution in [2.75, 3.05) is 18.0 Å². The summed E-state index contributed by atoms with van der Waals surface area (Å²) in [6, 6.07) is 11.9. The zero-order chi connectivity index (χ0) is 18.8. The number of benzene rings is 1. The van der Waals surface area contributed by atoms with Gasteiger partial charge in [0.2, 0.25) is 0 Å². The second-order valence-corrected chi connectivity index (χ2v) is 7.24. The van der Waals surface area contributed by atoms with E-state index in [1.807, 2.05) is 59.7 Å². The van der Waals surface area contributed by atoms with Crippen LogP contribution >= 0.6 is 0 Å². The lowest BCUT2D eigenvalue weighted by molar-refractivity contribution is 0.347. The van der Waals surface area contributed by atoms with Crippen molar-refractivity contribution in [3.63, 3.8) is 0 Å². The number of fused-ring (bicyclic) bond motifs is 1. The summed E-state index contributed by atoms with van der Waals surface area (Å²) in [6.45, 7) is 2.82. The maximum absolute atomic E-state index is 4.81. The van der Waals surface area contributed by atoms with E-state index in [4.69, 9.17) is 4.98 Å². The Morgan fingerprint density at radius 2 is 1.96 bits per heavy atom. The van der Waals surface area contributed by atoms with Crippen LogP contribution in [0.5, 0.6) is 0 Å². The Kier molecular flexibility index (Phi) is 4.40. The number of para-hydroxylation sites is 2. The molecule has 0 radical (unpaired) electrons. The lowest BCUT2D eigenvalue weighted by Crippen LogP contribution is -2.37. The second kappa shape index (κ2) is 7.34. The van der Waals surface area contributed by atoms with E-state index < -0.39 is 0 Å². The van der Waals surface area contributed by atoms with Crippen molar-refractivity contribution in [2.24, 2.45) is 5.92 Å². The number of rotatable bonds is 4. The average Bonchev–Trinajstić information content (AvgIpc) is 3.23. The number of hydrogen-bond donors (Lipinski definition) is 0. The molecular formula is C21H21N7. The van der Waals surface area contributed by atoms with E-state index in [0.717, 1.165) is 54.2 Å². The van der Waals surface area contributed by atoms with E-state index in [0.29, 0.717) is 5.92 Å². The Labute approximate surface area is 163 Å². The van der Waals surface area contributed by atoms with Gasteiger partial charge in [-0.2, -0.15) is 0 Å². The highest BCUT2D eigenvalue weighted by Gasteiger charge is 2.22. The van der Waals surface area contributed by atoms with Crippen LogP contribution in [0.4, 0.5) is 5.82 Å². The SMILES string of the molecule is c1cncc(-c2cn(CC3CCCN(c4cnc5ccccc5n4)C3)nn2)c1. The first-order chi connectivity index (χ1) is 13.8. The summed E-state index contributed by atoms with van der Waals surface area (Å²) in [5.41, 5.74) is 3.73. The van der Waals surface area contributed by atoms with E-state index in [2.05, 4.69) is 25.2 Å². The van der Waals surface area contributed by atoms with Gasteiger partial charge in [-0.25, -0.2) is 4.98 Å². The van der Waals surface area contributed by atoms with Crippen LogP contribution in [0, 0.1) is 5.92 Å². The summed E-state index contributed by atoms with van der Waals surface area (Å²) >= 11 is 0. The zero-order valence-electron chi connectivity index (χ0n) is 15.5. The Bertz CT molecular complexity index is 1080. The lowest BCUT2D eigenvalue weighted by Gasteiger charge is -2.33. The average molecular weight is 371 g/mol. The summed E-state index contributed by atoms with van der Waals surface area (Å²) in [5.74, 6) is 1.46. The maximum Gasteiger partial charge on any atom is 0.147 e. The Hall–Kier alpha value is -3.35. The molecule has 140 valence electrons. The molecule has 5 rings (SSSR count). The van der Waals surface area contributed by atoms with Crippen molar-refractivity contribution in [3.8, 4) is 11.3 Å². The molecule has 7 heteroatoms. The van der Waals surface area contributed by atoms with Crippen LogP contribution in [0.25, 0.3) is 22.3 Å². The number of anilines is 1. The highest BCUT2D eigenvalue weighted by molar-refractivity contribution is 5.75. The summed E-state index contributed by atoms with van der Waals surface area (Å²) < 4.78 is 1.95. The molecule has 4 aromatic rings. The third kappa shape index (κ3) is 3.43. The zero-order valence-corrected chi connectivity index (χ0v) is 15.5. The van der Waals surface area contributed by atoms with Gasteiger partial charge in [0.05, 0.1) is 23.4 Å². The number of aromatic nitrogens is 6. The molecule has 1 aromatic carbocycles. The van der Waals surface area contributed by atoms with E-state index in [-0.39, 0.29) is 0 Å². The van der Waals surface area contributed by atoms with Crippen LogP contribution in [0.3, 0.4) is 0 Å². The number of pyridine rings is 1. The predicted molar refractivity (Wildman–Crippen MR) is 108 cm³/mol. The molecule has 0 amide bonds. The highest BCUT2D eigenvalue weighted by atomic mass is 15.4. The molecule has 1 unspecified atom stereocenters. The number of nitrogens with zero attached hydrogens (tertiary/aromatic N) is 7. The van der Waals surface area contributed by atoms with Crippen LogP contribution in [-0.2, 0) is 6.54 Å². The largest absolute Gasteiger partial charge is 0.355 e. The number of hydrogen-bond acceptors (Lipinski definition) is 6. The fraction of sp³-hybridized carbons (Fsp3) is 0.286. The lowest BCUT2D eigenvalue weighted by atomic mass is 9.98. The van der Waals surface area contributed by atoms with E-state index in [9.17, 15) is 0 Å². The Morgan fingerprint density at radius 3 is 2.86 bits per heavy atom. The van der Waals surface area contributed by atoms with E-state index >= 15 is 0 Å². The molecule has 1 atom stereocenters. The topological polar surface area (TPSA) is 72.6 Å². The summed E-state index contributed by atoms with van der Waals surface area (Å²) in [4.78, 5) is 15.9. The van der Waals surface area contributed by atoms with Gasteiger partial charge in [-0.1, -0.05) is 17.3 Å². The third-order valence-electron chi connectivity index (χ3n) is 5.22. The molecule has 0 bridgehead atoms. The van der Waals surface area contributed by atoms with Crippen molar-refractivity contribution < 1.29 is 0 Å². The van der Waals surface area contributed by atoms with Crippen molar-refractivity contribution in [1.82, 2.24) is 29.9 Å². The minimum atomic E-state index is 0.505. The van der Waals surface area contributed by atoms with Gasteiger partial charge < -0.3 is 4.90 Å². The van der Waals surface area contributed by atoms with Crippen LogP contribution in [-0.4, -0.2) is 43.0 Å². The van der Waals surface area contributed by atoms with Gasteiger partial charge >= 0.3 is 0 Å². The first-order valence-electron chi connectivity index (χ1n) is 9.62. The van der Waals surface area contributed by atoms with Gasteiger partial charge in [0, 0.05) is 37.6 Å². The van der Waals surface area contributed by atoms with Crippen molar-refractivity contribution in [1.29, 1.82) is 0 Å². The van der Waals surface area contributed by atoms with Gasteiger partial charge in [-0.15, -0.1) is 5.10 Å². The maximum atomic E-state index is 4.81. The molecule has 0 spiro atoms. The van der Waals surface area contributed by atoms with Crippen molar-refractivity contribution >= 4 is 16.9 Å². The molecule has 1 aliphatic heterocycles. The third-order valence-corrected chi connectivity index (χ3v) is 5.22. The van der Waals surface area contributed by atoms with Gasteiger partial charge in [0.15, 0.2) is 0 Å². The fourth-order valence-corrected chi connectivity index (χ4v) is 3.82. The molecule has 0 saturated carbocycles. The monoisotopic (exact) mass is 371 g/mol. The molecule has 3 aromatic heterocycles. The smallest absolute Gasteiger partial charge is 0.147 e. The standard InChI is InChI=1S/C21H21N7/c1-2-8-19-18(7-1)23-12-21(24-19)27-10-4-5-16(13-27)14-28-15-20(25-26-28)17-6-3-9-22-11-17/h1-3,6-9,11-12,15-16H,4-5,10,13-14H2. The van der Waals surface area contributed by atoms with Crippen LogP contribution < -0.4 is 4.90 Å². The van der Waals surface area contributed by atoms with Crippen LogP contribution in [0.15, 0.2) is 61.2 Å². The molecule has 1 fully saturated rings. The molecule has 28 heavy (non-hydrogen) atoms. The summed E-state index contributed by atoms with van der Waals surface area (Å²) in [6.07, 6.45) is 9.80. The molecule has 7 nitrogen and oxygen atoms in total. The van der Waals surface area contributed by atoms with Gasteiger partial charge in [-0.05, 0) is 43.0 Å². The van der Waals surface area contributed by atoms with Crippen molar-refractivity contribution in [3.05, 3.63) is 61.2 Å². The minimum Gasteiger partial charge on any atom is -0.355 e. The summed E-state index contributed by atoms with van der Waals surface area (Å²) in [5, 5.41) is 8.62. The first-order valence-corrected chi connectivity index (χ1v) is 9.62. The molecular weight excluding hydrogens is 350 g/mol. The van der Waals surface area contributed by atoms with E-state index in [1.165, 1.54) is 6.42 Å². The fourth-order valence-electron chi connectivity index (χ4n) is 3.82. The highest BCUT2D eigenvalue weighted by Crippen LogP contribution is 2.24. The first kappa shape index (κ1) is 16.8. The van der Waals surface area contributed by atoms with Crippen molar-refractivity contribution in [2.45, 2.75) is 19.4 Å². The van der Waals surface area contributed by atoms with Crippen LogP contribution in [0.1, 0.15) is 12.8 Å². The van der Waals surface area contributed by atoms with Crippen LogP contribution in [0.2, 0.25) is 0 Å². The Morgan fingerprint density at radius 1 is 1.04 bits per heavy atom. The molecule has 0 aliphatic carbocycles. The Balaban J connectivity index is 1.30. The quantitative estimate of drug-likeness (QED) is 0.548.